The van der Waals surface area contributed by atoms with Crippen molar-refractivity contribution in [2.45, 2.75) is 19.8 Å². The van der Waals surface area contributed by atoms with Gasteiger partial charge in [0.25, 0.3) is 5.87 Å². The quantitative estimate of drug-likeness (QED) is 0.631. The Balaban J connectivity index is 0. The van der Waals surface area contributed by atoms with Crippen molar-refractivity contribution in [3.8, 4) is 0 Å². The molecule has 0 rings (SSSR count). The lowest BCUT2D eigenvalue weighted by Gasteiger charge is -2.05. The van der Waals surface area contributed by atoms with Gasteiger partial charge >= 0.3 is 7.56 Å². The summed E-state index contributed by atoms with van der Waals surface area (Å²) in [6, 6.07) is 0. The molecular weight excluding hydrogens is 172 g/mol. The van der Waals surface area contributed by atoms with E-state index in [1.165, 1.54) is 19.4 Å². The molecule has 0 N–H and O–H groups in total. The summed E-state index contributed by atoms with van der Waals surface area (Å²) in [5.41, 5.74) is 0. The molecule has 13 heavy (non-hydrogen) atoms. The van der Waals surface area contributed by atoms with Crippen molar-refractivity contribution in [3.05, 3.63) is 0 Å². The number of ether oxygens (including phenoxy) is 1. The van der Waals surface area contributed by atoms with Crippen molar-refractivity contribution in [1.82, 2.24) is 4.90 Å². The standard InChI is InChI=1S/C6H15N.C2H3BFO2/c1-4-5-6-7(2)3;1-6-2(5)3-4/h4-6H2,1-3H3;1H3. The second-order valence-electron chi connectivity index (χ2n) is 2.79. The van der Waals surface area contributed by atoms with E-state index in [-0.39, 0.29) is 7.56 Å². The fraction of sp³-hybridized carbons (Fsp3) is 0.875. The fourth-order valence-electron chi connectivity index (χ4n) is 0.519. The normalized spacial score (nSPS) is 8.77. The third-order valence-electron chi connectivity index (χ3n) is 1.25. The van der Waals surface area contributed by atoms with Gasteiger partial charge in [-0.05, 0) is 27.1 Å². The van der Waals surface area contributed by atoms with E-state index in [9.17, 15) is 9.11 Å². The molecule has 0 atom stereocenters. The lowest BCUT2D eigenvalue weighted by Crippen LogP contribution is -2.12. The average Bonchev–Trinajstić information content (AvgIpc) is 2.14. The second kappa shape index (κ2) is 11.4. The largest absolute Gasteiger partial charge is 0.491 e. The first-order valence-corrected chi connectivity index (χ1v) is 4.24. The molecule has 0 aliphatic heterocycles. The van der Waals surface area contributed by atoms with E-state index in [0.717, 1.165) is 7.11 Å². The van der Waals surface area contributed by atoms with E-state index in [1.54, 1.807) is 0 Å². The van der Waals surface area contributed by atoms with Crippen LogP contribution in [-0.2, 0) is 4.74 Å². The summed E-state index contributed by atoms with van der Waals surface area (Å²) < 4.78 is 14.6. The number of unbranched alkanes of at least 4 members (excludes halogenated alkanes) is 1. The Hall–Kier alpha value is -0.575. The van der Waals surface area contributed by atoms with Crippen LogP contribution < -0.4 is 0 Å². The van der Waals surface area contributed by atoms with Crippen LogP contribution in [0.3, 0.4) is 0 Å². The molecule has 0 saturated carbocycles. The van der Waals surface area contributed by atoms with Crippen LogP contribution >= 0.6 is 0 Å². The molecule has 1 radical (unpaired) electrons. The van der Waals surface area contributed by atoms with Crippen LogP contribution in [0.1, 0.15) is 19.8 Å². The first kappa shape index (κ1) is 14.9. The van der Waals surface area contributed by atoms with Crippen molar-refractivity contribution in [3.63, 3.8) is 0 Å². The number of hydrogen-bond donors (Lipinski definition) is 0. The topological polar surface area (TPSA) is 29.5 Å². The third kappa shape index (κ3) is 18.4. The van der Waals surface area contributed by atoms with Crippen molar-refractivity contribution < 1.29 is 13.8 Å². The van der Waals surface area contributed by atoms with Crippen LogP contribution in [-0.4, -0.2) is 46.1 Å². The van der Waals surface area contributed by atoms with E-state index in [2.05, 4.69) is 30.7 Å². The van der Waals surface area contributed by atoms with Gasteiger partial charge in [0, 0.05) is 0 Å². The van der Waals surface area contributed by atoms with Gasteiger partial charge in [-0.15, -0.1) is 0 Å². The third-order valence-corrected chi connectivity index (χ3v) is 1.25. The Labute approximate surface area is 80.5 Å². The Bertz CT molecular complexity index is 117. The van der Waals surface area contributed by atoms with Crippen molar-refractivity contribution in [1.29, 1.82) is 0 Å². The van der Waals surface area contributed by atoms with Gasteiger partial charge in [0.05, 0.1) is 7.11 Å². The highest BCUT2D eigenvalue weighted by molar-refractivity contribution is 6.66. The van der Waals surface area contributed by atoms with Crippen LogP contribution in [0, 0.1) is 0 Å². The highest BCUT2D eigenvalue weighted by Gasteiger charge is 1.98. The molecular formula is C8H18BFNO2. The number of carbonyl (C=O) groups excluding carboxylic acids is 1. The second-order valence-corrected chi connectivity index (χ2v) is 2.79. The van der Waals surface area contributed by atoms with E-state index in [1.807, 2.05) is 0 Å². The van der Waals surface area contributed by atoms with Crippen LogP contribution in [0.5, 0.6) is 0 Å². The first-order chi connectivity index (χ1) is 6.08. The van der Waals surface area contributed by atoms with E-state index < -0.39 is 5.87 Å². The minimum atomic E-state index is -0.949. The summed E-state index contributed by atoms with van der Waals surface area (Å²) in [6.07, 6.45) is 2.63. The Morgan fingerprint density at radius 1 is 1.54 bits per heavy atom. The van der Waals surface area contributed by atoms with Gasteiger partial charge in [-0.3, -0.25) is 4.79 Å². The summed E-state index contributed by atoms with van der Waals surface area (Å²) >= 11 is 0. The molecule has 0 aromatic carbocycles. The Morgan fingerprint density at radius 3 is 2.15 bits per heavy atom. The first-order valence-electron chi connectivity index (χ1n) is 4.24. The van der Waals surface area contributed by atoms with Crippen LogP contribution in [0.2, 0.25) is 0 Å². The van der Waals surface area contributed by atoms with Crippen molar-refractivity contribution in [2.75, 3.05) is 27.7 Å². The molecule has 0 spiro atoms. The maximum atomic E-state index is 10.8. The zero-order chi connectivity index (χ0) is 10.7. The zero-order valence-corrected chi connectivity index (χ0v) is 8.84. The number of hydrogen-bond acceptors (Lipinski definition) is 3. The predicted molar refractivity (Wildman–Crippen MR) is 52.7 cm³/mol. The van der Waals surface area contributed by atoms with Crippen molar-refractivity contribution in [2.24, 2.45) is 0 Å². The Kier molecular flexibility index (Phi) is 13.1. The van der Waals surface area contributed by atoms with Gasteiger partial charge in [-0.2, -0.15) is 0 Å². The molecule has 77 valence electrons. The van der Waals surface area contributed by atoms with Gasteiger partial charge in [0.2, 0.25) is 0 Å². The molecule has 3 nitrogen and oxygen atoms in total. The minimum Gasteiger partial charge on any atom is -0.475 e. The molecule has 0 bridgehead atoms. The zero-order valence-electron chi connectivity index (χ0n) is 8.84. The summed E-state index contributed by atoms with van der Waals surface area (Å²) in [6.45, 7) is 3.44. The fourth-order valence-corrected chi connectivity index (χ4v) is 0.519. The number of carbonyl (C=O) groups is 1. The lowest BCUT2D eigenvalue weighted by molar-refractivity contribution is 0.196. The van der Waals surface area contributed by atoms with Gasteiger partial charge in [-0.25, -0.2) is 0 Å². The van der Waals surface area contributed by atoms with Gasteiger partial charge in [0.1, 0.15) is 0 Å². The van der Waals surface area contributed by atoms with E-state index in [4.69, 9.17) is 0 Å². The molecule has 0 aromatic rings. The summed E-state index contributed by atoms with van der Waals surface area (Å²) in [7, 11) is 5.18. The van der Waals surface area contributed by atoms with Gasteiger partial charge < -0.3 is 14.0 Å². The smallest absolute Gasteiger partial charge is 0.475 e. The molecule has 0 saturated heterocycles. The molecule has 0 aromatic heterocycles. The van der Waals surface area contributed by atoms with Gasteiger partial charge in [-0.1, -0.05) is 13.3 Å². The number of halogens is 1. The van der Waals surface area contributed by atoms with E-state index in [0.29, 0.717) is 0 Å². The molecule has 0 unspecified atom stereocenters. The highest BCUT2D eigenvalue weighted by Crippen LogP contribution is 1.86. The maximum Gasteiger partial charge on any atom is 0.491 e. The summed E-state index contributed by atoms with van der Waals surface area (Å²) in [5, 5.41) is 0. The number of nitrogens with zero attached hydrogens (tertiary/aromatic N) is 1. The number of methoxy groups -OCH3 is 1. The molecule has 0 aliphatic rings. The monoisotopic (exact) mass is 190 g/mol. The van der Waals surface area contributed by atoms with Crippen LogP contribution in [0.15, 0.2) is 0 Å². The SMILES string of the molecule is CCCCN(C)C.COC(=O)[B]F. The average molecular weight is 190 g/mol. The minimum absolute atomic E-state index is 0.139. The van der Waals surface area contributed by atoms with Gasteiger partial charge in [0.15, 0.2) is 0 Å². The molecule has 0 heterocycles. The number of rotatable bonds is 4. The van der Waals surface area contributed by atoms with E-state index >= 15 is 0 Å². The molecule has 5 heteroatoms. The summed E-state index contributed by atoms with van der Waals surface area (Å²) in [5.74, 6) is -0.949. The highest BCUT2D eigenvalue weighted by atomic mass is 19.1. The molecule has 0 aliphatic carbocycles. The van der Waals surface area contributed by atoms with Crippen molar-refractivity contribution >= 4 is 13.4 Å². The van der Waals surface area contributed by atoms with Crippen LogP contribution in [0.25, 0.3) is 0 Å². The van der Waals surface area contributed by atoms with Crippen LogP contribution in [0.4, 0.5) is 9.11 Å². The summed E-state index contributed by atoms with van der Waals surface area (Å²) in [4.78, 5) is 11.7. The predicted octanol–water partition coefficient (Wildman–Crippen LogP) is 1.69. The Morgan fingerprint density at radius 2 is 2.08 bits per heavy atom. The molecule has 0 fully saturated rings. The lowest BCUT2D eigenvalue weighted by atomic mass is 10.1. The maximum absolute atomic E-state index is 10.8. The molecule has 0 amide bonds.